The number of benzene rings is 4. The van der Waals surface area contributed by atoms with Gasteiger partial charge in [0.15, 0.2) is 0 Å². The van der Waals surface area contributed by atoms with Gasteiger partial charge in [0, 0.05) is 13.1 Å². The molecule has 0 amide bonds. The Hall–Kier alpha value is -3.34. The maximum Gasteiger partial charge on any atom is 0.123 e. The van der Waals surface area contributed by atoms with Gasteiger partial charge in [0.25, 0.3) is 0 Å². The smallest absolute Gasteiger partial charge is 0.123 e. The van der Waals surface area contributed by atoms with Crippen molar-refractivity contribution in [1.29, 1.82) is 0 Å². The van der Waals surface area contributed by atoms with Gasteiger partial charge in [-0.3, -0.25) is 0 Å². The Labute approximate surface area is 187 Å². The lowest BCUT2D eigenvalue weighted by atomic mass is 9.92. The first-order chi connectivity index (χ1) is 15.7. The Bertz CT molecular complexity index is 991. The molecule has 0 radical (unpaired) electrons. The zero-order chi connectivity index (χ0) is 22.2. The van der Waals surface area contributed by atoms with Crippen molar-refractivity contribution in [3.8, 4) is 0 Å². The Morgan fingerprint density at radius 1 is 0.469 bits per heavy atom. The molecular formula is C28H26F2N2. The lowest BCUT2D eigenvalue weighted by Crippen LogP contribution is -2.35. The standard InChI is InChI=1S/C28H26F2N2/c29-25-15-11-23(12-16-25)27(31-19-21-7-3-1-4-8-21)28(24-13-17-26(30)18-14-24)32-20-22-9-5-2-6-10-22/h1-18,27-28,31-32H,19-20H2/t27-,28-/m1/s1. The highest BCUT2D eigenvalue weighted by atomic mass is 19.1. The maximum absolute atomic E-state index is 13.7. The predicted molar refractivity (Wildman–Crippen MR) is 125 cm³/mol. The van der Waals surface area contributed by atoms with Crippen LogP contribution in [0.2, 0.25) is 0 Å². The summed E-state index contributed by atoms with van der Waals surface area (Å²) < 4.78 is 27.3. The van der Waals surface area contributed by atoms with E-state index in [1.807, 2.05) is 36.4 Å². The maximum atomic E-state index is 13.7. The van der Waals surface area contributed by atoms with E-state index in [1.54, 1.807) is 24.3 Å². The molecule has 2 atom stereocenters. The van der Waals surface area contributed by atoms with Gasteiger partial charge in [-0.25, -0.2) is 8.78 Å². The van der Waals surface area contributed by atoms with Gasteiger partial charge in [0.2, 0.25) is 0 Å². The minimum atomic E-state index is -0.272. The molecule has 0 aliphatic carbocycles. The second-order valence-electron chi connectivity index (χ2n) is 7.79. The molecule has 0 heterocycles. The van der Waals surface area contributed by atoms with E-state index in [2.05, 4.69) is 34.9 Å². The summed E-state index contributed by atoms with van der Waals surface area (Å²) in [5, 5.41) is 7.29. The normalized spacial score (nSPS) is 12.9. The van der Waals surface area contributed by atoms with E-state index in [9.17, 15) is 8.78 Å². The van der Waals surface area contributed by atoms with Crippen LogP contribution >= 0.6 is 0 Å². The van der Waals surface area contributed by atoms with Crippen molar-refractivity contribution >= 4 is 0 Å². The van der Waals surface area contributed by atoms with Gasteiger partial charge in [0.1, 0.15) is 11.6 Å². The fourth-order valence-electron chi connectivity index (χ4n) is 3.84. The summed E-state index contributed by atoms with van der Waals surface area (Å²) in [6, 6.07) is 33.1. The summed E-state index contributed by atoms with van der Waals surface area (Å²) >= 11 is 0. The summed E-state index contributed by atoms with van der Waals surface area (Å²) in [6.07, 6.45) is 0. The van der Waals surface area contributed by atoms with Crippen molar-refractivity contribution in [1.82, 2.24) is 10.6 Å². The van der Waals surface area contributed by atoms with Gasteiger partial charge < -0.3 is 10.6 Å². The van der Waals surface area contributed by atoms with Crippen LogP contribution in [-0.2, 0) is 13.1 Å². The van der Waals surface area contributed by atoms with Crippen LogP contribution in [0.15, 0.2) is 109 Å². The summed E-state index contributed by atoms with van der Waals surface area (Å²) in [6.45, 7) is 1.29. The van der Waals surface area contributed by atoms with Gasteiger partial charge in [-0.2, -0.15) is 0 Å². The van der Waals surface area contributed by atoms with Crippen LogP contribution in [-0.4, -0.2) is 0 Å². The largest absolute Gasteiger partial charge is 0.304 e. The fourth-order valence-corrected chi connectivity index (χ4v) is 3.84. The molecule has 0 bridgehead atoms. The summed E-state index contributed by atoms with van der Waals surface area (Å²) in [5.74, 6) is -0.544. The number of halogens is 2. The van der Waals surface area contributed by atoms with E-state index in [1.165, 1.54) is 24.3 Å². The molecule has 4 heteroatoms. The minimum Gasteiger partial charge on any atom is -0.304 e. The molecule has 0 saturated carbocycles. The van der Waals surface area contributed by atoms with E-state index in [0.29, 0.717) is 13.1 Å². The third-order valence-electron chi connectivity index (χ3n) is 5.53. The van der Waals surface area contributed by atoms with E-state index >= 15 is 0 Å². The molecule has 2 nitrogen and oxygen atoms in total. The van der Waals surface area contributed by atoms with Crippen LogP contribution in [0, 0.1) is 11.6 Å². The summed E-state index contributed by atoms with van der Waals surface area (Å²) in [5.41, 5.74) is 4.22. The number of nitrogens with one attached hydrogen (secondary N) is 2. The lowest BCUT2D eigenvalue weighted by molar-refractivity contribution is 0.380. The zero-order valence-electron chi connectivity index (χ0n) is 17.7. The average molecular weight is 429 g/mol. The molecule has 4 aromatic rings. The molecule has 0 saturated heterocycles. The van der Waals surface area contributed by atoms with Crippen molar-refractivity contribution in [3.63, 3.8) is 0 Å². The first-order valence-electron chi connectivity index (χ1n) is 10.7. The minimum absolute atomic E-state index is 0.162. The molecular weight excluding hydrogens is 402 g/mol. The van der Waals surface area contributed by atoms with Gasteiger partial charge in [-0.1, -0.05) is 84.9 Å². The molecule has 0 unspecified atom stereocenters. The molecule has 0 aliphatic heterocycles. The average Bonchev–Trinajstić information content (AvgIpc) is 2.84. The van der Waals surface area contributed by atoms with E-state index in [0.717, 1.165) is 22.3 Å². The number of hydrogen-bond donors (Lipinski definition) is 2. The van der Waals surface area contributed by atoms with Crippen molar-refractivity contribution in [2.75, 3.05) is 0 Å². The highest BCUT2D eigenvalue weighted by Crippen LogP contribution is 2.30. The van der Waals surface area contributed by atoms with Crippen LogP contribution < -0.4 is 10.6 Å². The molecule has 0 aliphatic rings. The second-order valence-corrected chi connectivity index (χ2v) is 7.79. The Morgan fingerprint density at radius 2 is 0.812 bits per heavy atom. The van der Waals surface area contributed by atoms with Crippen molar-refractivity contribution < 1.29 is 8.78 Å². The number of rotatable bonds is 9. The summed E-state index contributed by atoms with van der Waals surface area (Å²) in [4.78, 5) is 0. The van der Waals surface area contributed by atoms with Gasteiger partial charge in [0.05, 0.1) is 12.1 Å². The second kappa shape index (κ2) is 10.8. The van der Waals surface area contributed by atoms with E-state index in [4.69, 9.17) is 0 Å². The van der Waals surface area contributed by atoms with Crippen LogP contribution in [0.3, 0.4) is 0 Å². The first kappa shape index (κ1) is 21.9. The Kier molecular flexibility index (Phi) is 7.38. The quantitative estimate of drug-likeness (QED) is 0.326. The molecule has 4 aromatic carbocycles. The zero-order valence-corrected chi connectivity index (χ0v) is 17.7. The Morgan fingerprint density at radius 3 is 1.16 bits per heavy atom. The SMILES string of the molecule is Fc1ccc([C@@H](NCc2ccccc2)[C@H](NCc2ccccc2)c2ccc(F)cc2)cc1. The molecule has 0 spiro atoms. The molecule has 0 fully saturated rings. The van der Waals surface area contributed by atoms with Gasteiger partial charge in [-0.15, -0.1) is 0 Å². The first-order valence-corrected chi connectivity index (χ1v) is 10.7. The molecule has 4 rings (SSSR count). The monoisotopic (exact) mass is 428 g/mol. The van der Waals surface area contributed by atoms with Crippen molar-refractivity contribution in [3.05, 3.63) is 143 Å². The van der Waals surface area contributed by atoms with E-state index in [-0.39, 0.29) is 23.7 Å². The highest BCUT2D eigenvalue weighted by Gasteiger charge is 2.24. The van der Waals surface area contributed by atoms with Gasteiger partial charge in [-0.05, 0) is 46.5 Å². The highest BCUT2D eigenvalue weighted by molar-refractivity contribution is 5.29. The Balaban J connectivity index is 1.66. The molecule has 162 valence electrons. The van der Waals surface area contributed by atoms with E-state index < -0.39 is 0 Å². The van der Waals surface area contributed by atoms with Crippen LogP contribution in [0.4, 0.5) is 8.78 Å². The predicted octanol–water partition coefficient (Wildman–Crippen LogP) is 6.33. The van der Waals surface area contributed by atoms with Crippen LogP contribution in [0.5, 0.6) is 0 Å². The van der Waals surface area contributed by atoms with Crippen LogP contribution in [0.1, 0.15) is 34.3 Å². The van der Waals surface area contributed by atoms with Crippen molar-refractivity contribution in [2.45, 2.75) is 25.2 Å². The number of hydrogen-bond acceptors (Lipinski definition) is 2. The fraction of sp³-hybridized carbons (Fsp3) is 0.143. The molecule has 0 aromatic heterocycles. The third kappa shape index (κ3) is 5.88. The summed E-state index contributed by atoms with van der Waals surface area (Å²) in [7, 11) is 0. The lowest BCUT2D eigenvalue weighted by Gasteiger charge is -2.30. The van der Waals surface area contributed by atoms with Gasteiger partial charge >= 0.3 is 0 Å². The third-order valence-corrected chi connectivity index (χ3v) is 5.53. The molecule has 32 heavy (non-hydrogen) atoms. The topological polar surface area (TPSA) is 24.1 Å². The van der Waals surface area contributed by atoms with Crippen molar-refractivity contribution in [2.24, 2.45) is 0 Å². The van der Waals surface area contributed by atoms with Crippen LogP contribution in [0.25, 0.3) is 0 Å². The molecule has 2 N–H and O–H groups in total.